The number of rotatable bonds is 4. The van der Waals surface area contributed by atoms with Crippen molar-refractivity contribution in [1.82, 2.24) is 0 Å². The molecule has 0 spiro atoms. The second-order valence-corrected chi connectivity index (χ2v) is 6.10. The first-order valence-electron chi connectivity index (χ1n) is 7.20. The zero-order valence-electron chi connectivity index (χ0n) is 10.6. The van der Waals surface area contributed by atoms with Crippen LogP contribution < -0.4 is 5.73 Å². The Labute approximate surface area is 103 Å². The van der Waals surface area contributed by atoms with E-state index in [4.69, 9.17) is 5.73 Å². The number of alkyl halides is 2. The monoisotopic (exact) mass is 245 g/mol. The fraction of sp³-hybridized carbons (Fsp3) is 1.00. The molecule has 100 valence electrons. The van der Waals surface area contributed by atoms with Gasteiger partial charge in [-0.25, -0.2) is 8.78 Å². The first-order valence-corrected chi connectivity index (χ1v) is 7.20. The number of hydrogen-bond acceptors (Lipinski definition) is 1. The molecule has 1 nitrogen and oxygen atoms in total. The van der Waals surface area contributed by atoms with E-state index in [1.165, 1.54) is 25.7 Å². The van der Waals surface area contributed by atoms with Gasteiger partial charge in [0.25, 0.3) is 0 Å². The average molecular weight is 245 g/mol. The van der Waals surface area contributed by atoms with Gasteiger partial charge in [0, 0.05) is 18.9 Å². The molecule has 0 aromatic rings. The summed E-state index contributed by atoms with van der Waals surface area (Å²) in [5, 5.41) is 0. The second kappa shape index (κ2) is 5.64. The Hall–Kier alpha value is -0.180. The summed E-state index contributed by atoms with van der Waals surface area (Å²) < 4.78 is 26.6. The Morgan fingerprint density at radius 3 is 2.47 bits per heavy atom. The van der Waals surface area contributed by atoms with Crippen LogP contribution in [0.15, 0.2) is 0 Å². The predicted molar refractivity (Wildman–Crippen MR) is 66.1 cm³/mol. The summed E-state index contributed by atoms with van der Waals surface area (Å²) >= 11 is 0. The smallest absolute Gasteiger partial charge is 0.248 e. The highest BCUT2D eigenvalue weighted by Gasteiger charge is 2.38. The zero-order chi connectivity index (χ0) is 12.3. The molecule has 0 saturated heterocycles. The van der Waals surface area contributed by atoms with Crippen molar-refractivity contribution in [2.45, 2.75) is 76.2 Å². The molecule has 3 heteroatoms. The maximum absolute atomic E-state index is 13.3. The predicted octanol–water partition coefficient (Wildman–Crippen LogP) is 4.11. The van der Waals surface area contributed by atoms with Crippen molar-refractivity contribution in [1.29, 1.82) is 0 Å². The fourth-order valence-corrected chi connectivity index (χ4v) is 3.54. The van der Waals surface area contributed by atoms with E-state index >= 15 is 0 Å². The summed E-state index contributed by atoms with van der Waals surface area (Å²) in [6.45, 7) is 0. The lowest BCUT2D eigenvalue weighted by Gasteiger charge is -2.33. The Kier molecular flexibility index (Phi) is 4.40. The minimum absolute atomic E-state index is 0.00164. The lowest BCUT2D eigenvalue weighted by atomic mass is 9.80. The summed E-state index contributed by atoms with van der Waals surface area (Å²) in [4.78, 5) is 0. The summed E-state index contributed by atoms with van der Waals surface area (Å²) in [6.07, 6.45) is 9.10. The zero-order valence-corrected chi connectivity index (χ0v) is 10.6. The third-order valence-electron chi connectivity index (χ3n) is 4.67. The lowest BCUT2D eigenvalue weighted by Crippen LogP contribution is -2.38. The van der Waals surface area contributed by atoms with Gasteiger partial charge in [-0.05, 0) is 37.5 Å². The lowest BCUT2D eigenvalue weighted by molar-refractivity contribution is -0.0567. The molecule has 2 unspecified atom stereocenters. The van der Waals surface area contributed by atoms with Crippen LogP contribution in [-0.2, 0) is 0 Å². The number of halogens is 2. The van der Waals surface area contributed by atoms with Crippen LogP contribution in [-0.4, -0.2) is 12.0 Å². The molecule has 2 aliphatic rings. The molecule has 2 N–H and O–H groups in total. The van der Waals surface area contributed by atoms with Gasteiger partial charge in [-0.3, -0.25) is 0 Å². The van der Waals surface area contributed by atoms with Crippen molar-refractivity contribution in [3.8, 4) is 0 Å². The van der Waals surface area contributed by atoms with Crippen LogP contribution >= 0.6 is 0 Å². The van der Waals surface area contributed by atoms with Crippen LogP contribution in [0.5, 0.6) is 0 Å². The van der Waals surface area contributed by atoms with Crippen LogP contribution in [0.4, 0.5) is 8.78 Å². The second-order valence-electron chi connectivity index (χ2n) is 6.10. The highest BCUT2D eigenvalue weighted by atomic mass is 19.3. The fourth-order valence-electron chi connectivity index (χ4n) is 3.54. The molecule has 0 aromatic carbocycles. The van der Waals surface area contributed by atoms with Crippen LogP contribution in [0, 0.1) is 11.8 Å². The summed E-state index contributed by atoms with van der Waals surface area (Å²) in [5.41, 5.74) is 6.11. The van der Waals surface area contributed by atoms with Gasteiger partial charge in [0.1, 0.15) is 0 Å². The molecule has 0 bridgehead atoms. The van der Waals surface area contributed by atoms with Gasteiger partial charge in [-0.1, -0.05) is 25.7 Å². The van der Waals surface area contributed by atoms with E-state index in [-0.39, 0.29) is 24.8 Å². The van der Waals surface area contributed by atoms with Crippen LogP contribution in [0.1, 0.15) is 64.2 Å². The van der Waals surface area contributed by atoms with E-state index in [9.17, 15) is 8.78 Å². The van der Waals surface area contributed by atoms with Crippen LogP contribution in [0.3, 0.4) is 0 Å². The maximum atomic E-state index is 13.3. The largest absolute Gasteiger partial charge is 0.327 e. The van der Waals surface area contributed by atoms with E-state index < -0.39 is 5.92 Å². The molecule has 0 heterocycles. The third-order valence-corrected chi connectivity index (χ3v) is 4.67. The molecule has 0 amide bonds. The van der Waals surface area contributed by atoms with Gasteiger partial charge in [-0.2, -0.15) is 0 Å². The molecule has 2 atom stereocenters. The SMILES string of the molecule is NC(CCC1CCCC1)C1CCCC(F)(F)C1. The van der Waals surface area contributed by atoms with E-state index in [1.54, 1.807) is 0 Å². The molecule has 2 saturated carbocycles. The van der Waals surface area contributed by atoms with E-state index in [0.29, 0.717) is 6.42 Å². The summed E-state index contributed by atoms with van der Waals surface area (Å²) in [6, 6.07) is 0.00164. The van der Waals surface area contributed by atoms with Gasteiger partial charge in [0.2, 0.25) is 5.92 Å². The third kappa shape index (κ3) is 3.90. The van der Waals surface area contributed by atoms with Crippen molar-refractivity contribution in [2.75, 3.05) is 0 Å². The normalized spacial score (nSPS) is 31.6. The molecular formula is C14H25F2N. The van der Waals surface area contributed by atoms with Crippen molar-refractivity contribution in [3.63, 3.8) is 0 Å². The molecule has 0 radical (unpaired) electrons. The highest BCUT2D eigenvalue weighted by molar-refractivity contribution is 4.85. The van der Waals surface area contributed by atoms with E-state index in [1.807, 2.05) is 0 Å². The minimum Gasteiger partial charge on any atom is -0.327 e. The average Bonchev–Trinajstić information content (AvgIpc) is 2.77. The number of hydrogen-bond donors (Lipinski definition) is 1. The molecule has 2 aliphatic carbocycles. The first-order chi connectivity index (χ1) is 8.07. The molecule has 2 rings (SSSR count). The van der Waals surface area contributed by atoms with E-state index in [0.717, 1.165) is 25.2 Å². The van der Waals surface area contributed by atoms with Gasteiger partial charge in [0.15, 0.2) is 0 Å². The van der Waals surface area contributed by atoms with Gasteiger partial charge in [-0.15, -0.1) is 0 Å². The summed E-state index contributed by atoms with van der Waals surface area (Å²) in [7, 11) is 0. The first kappa shape index (κ1) is 13.3. The number of nitrogens with two attached hydrogens (primary N) is 1. The van der Waals surface area contributed by atoms with Crippen molar-refractivity contribution in [2.24, 2.45) is 17.6 Å². The van der Waals surface area contributed by atoms with Gasteiger partial charge < -0.3 is 5.73 Å². The van der Waals surface area contributed by atoms with Crippen LogP contribution in [0.2, 0.25) is 0 Å². The standard InChI is InChI=1S/C14H25F2N/c15-14(16)9-3-6-12(10-14)13(17)8-7-11-4-1-2-5-11/h11-13H,1-10,17H2. The Bertz CT molecular complexity index is 236. The minimum atomic E-state index is -2.45. The summed E-state index contributed by atoms with van der Waals surface area (Å²) in [5.74, 6) is -1.57. The van der Waals surface area contributed by atoms with E-state index in [2.05, 4.69) is 0 Å². The quantitative estimate of drug-likeness (QED) is 0.792. The van der Waals surface area contributed by atoms with Crippen molar-refractivity contribution < 1.29 is 8.78 Å². The molecule has 17 heavy (non-hydrogen) atoms. The topological polar surface area (TPSA) is 26.0 Å². The maximum Gasteiger partial charge on any atom is 0.248 e. The molecule has 0 aromatic heterocycles. The van der Waals surface area contributed by atoms with Crippen molar-refractivity contribution >= 4 is 0 Å². The Balaban J connectivity index is 1.72. The molecule has 2 fully saturated rings. The Morgan fingerprint density at radius 1 is 1.12 bits per heavy atom. The van der Waals surface area contributed by atoms with Gasteiger partial charge in [0.05, 0.1) is 0 Å². The highest BCUT2D eigenvalue weighted by Crippen LogP contribution is 2.39. The molecule has 0 aliphatic heterocycles. The van der Waals surface area contributed by atoms with Crippen LogP contribution in [0.25, 0.3) is 0 Å². The molecular weight excluding hydrogens is 220 g/mol. The van der Waals surface area contributed by atoms with Gasteiger partial charge >= 0.3 is 0 Å². The van der Waals surface area contributed by atoms with Crippen molar-refractivity contribution in [3.05, 3.63) is 0 Å². The Morgan fingerprint density at radius 2 is 1.82 bits per heavy atom.